The second kappa shape index (κ2) is 1.73. The summed E-state index contributed by atoms with van der Waals surface area (Å²) < 4.78 is 1.37. The minimum atomic E-state index is 1.37. The van der Waals surface area contributed by atoms with E-state index in [0.717, 1.165) is 0 Å². The van der Waals surface area contributed by atoms with Crippen LogP contribution in [0, 0.1) is 0 Å². The van der Waals surface area contributed by atoms with Gasteiger partial charge in [-0.25, -0.2) is 4.53 Å². The maximum Gasteiger partial charge on any atom is 0.0430 e. The summed E-state index contributed by atoms with van der Waals surface area (Å²) in [5, 5.41) is 1.85. The van der Waals surface area contributed by atoms with Crippen molar-refractivity contribution in [3.63, 3.8) is 0 Å². The largest absolute Gasteiger partial charge is 0.214 e. The molecule has 0 amide bonds. The lowest BCUT2D eigenvalue weighted by atomic mass is 11.1. The average molecular weight is 123 g/mol. The molecule has 1 aliphatic heterocycles. The van der Waals surface area contributed by atoms with Gasteiger partial charge in [0.2, 0.25) is 0 Å². The lowest BCUT2D eigenvalue weighted by Crippen LogP contribution is -2.10. The molecular weight excluding hydrogens is 120 g/mol. The quantitative estimate of drug-likeness (QED) is 0.382. The third-order valence-electron chi connectivity index (χ3n) is 0.400. The predicted molar refractivity (Wildman–Crippen MR) is 27.6 cm³/mol. The Balaban J connectivity index is 2.38. The van der Waals surface area contributed by atoms with E-state index in [4.69, 9.17) is 11.8 Å². The fourth-order valence-electron chi connectivity index (χ4n) is 0.195. The standard InChI is InChI=1S/C2H3ClN2S/c3-5-1-2-6-4-5/h1-2,4H. The van der Waals surface area contributed by atoms with Gasteiger partial charge >= 0.3 is 0 Å². The Morgan fingerprint density at radius 1 is 1.83 bits per heavy atom. The van der Waals surface area contributed by atoms with Gasteiger partial charge in [0, 0.05) is 23.4 Å². The Morgan fingerprint density at radius 3 is 2.83 bits per heavy atom. The molecule has 0 aromatic rings. The zero-order chi connectivity index (χ0) is 4.41. The van der Waals surface area contributed by atoms with Crippen molar-refractivity contribution in [2.24, 2.45) is 0 Å². The number of rotatable bonds is 0. The van der Waals surface area contributed by atoms with Crippen molar-refractivity contribution in [2.45, 2.75) is 0 Å². The zero-order valence-electron chi connectivity index (χ0n) is 2.89. The fourth-order valence-corrected chi connectivity index (χ4v) is 0.843. The first-order valence-electron chi connectivity index (χ1n) is 1.42. The Kier molecular flexibility index (Phi) is 1.24. The summed E-state index contributed by atoms with van der Waals surface area (Å²) >= 11 is 6.77. The van der Waals surface area contributed by atoms with Crippen LogP contribution in [0.15, 0.2) is 11.6 Å². The van der Waals surface area contributed by atoms with E-state index in [1.807, 2.05) is 5.41 Å². The first-order chi connectivity index (χ1) is 2.89. The van der Waals surface area contributed by atoms with Crippen molar-refractivity contribution in [3.05, 3.63) is 11.6 Å². The molecule has 0 fully saturated rings. The Hall–Kier alpha value is 0.140. The molecule has 4 heteroatoms. The average Bonchev–Trinajstić information content (AvgIpc) is 1.86. The molecule has 1 rings (SSSR count). The monoisotopic (exact) mass is 122 g/mol. The van der Waals surface area contributed by atoms with Crippen LogP contribution in [-0.2, 0) is 0 Å². The maximum atomic E-state index is 5.33. The van der Waals surface area contributed by atoms with E-state index >= 15 is 0 Å². The van der Waals surface area contributed by atoms with E-state index < -0.39 is 0 Å². The first-order valence-corrected chi connectivity index (χ1v) is 2.64. The lowest BCUT2D eigenvalue weighted by molar-refractivity contribution is 0.599. The van der Waals surface area contributed by atoms with Crippen LogP contribution >= 0.6 is 23.7 Å². The third kappa shape index (κ3) is 0.801. The molecule has 0 bridgehead atoms. The van der Waals surface area contributed by atoms with Crippen LogP contribution in [0.4, 0.5) is 0 Å². The summed E-state index contributed by atoms with van der Waals surface area (Å²) in [5.41, 5.74) is 0. The van der Waals surface area contributed by atoms with Crippen molar-refractivity contribution >= 4 is 23.7 Å². The van der Waals surface area contributed by atoms with Gasteiger partial charge in [-0.2, -0.15) is 4.83 Å². The highest BCUT2D eigenvalue weighted by atomic mass is 35.5. The number of hydrogen-bond acceptors (Lipinski definition) is 3. The van der Waals surface area contributed by atoms with Gasteiger partial charge in [0.15, 0.2) is 0 Å². The Bertz CT molecular complexity index is 73.9. The molecular formula is C2H3ClN2S. The highest BCUT2D eigenvalue weighted by molar-refractivity contribution is 8.00. The van der Waals surface area contributed by atoms with Gasteiger partial charge in [0.1, 0.15) is 0 Å². The normalized spacial score (nSPS) is 19.8. The molecule has 0 saturated carbocycles. The third-order valence-corrected chi connectivity index (χ3v) is 1.26. The number of hydrogen-bond donors (Lipinski definition) is 1. The summed E-state index contributed by atoms with van der Waals surface area (Å²) in [6, 6.07) is 0. The van der Waals surface area contributed by atoms with Crippen molar-refractivity contribution in [2.75, 3.05) is 0 Å². The van der Waals surface area contributed by atoms with E-state index in [1.54, 1.807) is 6.20 Å². The molecule has 6 heavy (non-hydrogen) atoms. The second-order valence-corrected chi connectivity index (χ2v) is 1.86. The molecule has 1 heterocycles. The lowest BCUT2D eigenvalue weighted by Gasteiger charge is -1.98. The van der Waals surface area contributed by atoms with E-state index in [0.29, 0.717) is 0 Å². The molecule has 1 aliphatic rings. The van der Waals surface area contributed by atoms with Gasteiger partial charge in [0.05, 0.1) is 0 Å². The number of nitrogens with one attached hydrogen (secondary N) is 1. The van der Waals surface area contributed by atoms with Crippen molar-refractivity contribution in [3.8, 4) is 0 Å². The van der Waals surface area contributed by atoms with Crippen molar-refractivity contribution < 1.29 is 0 Å². The molecule has 1 N–H and O–H groups in total. The van der Waals surface area contributed by atoms with E-state index in [-0.39, 0.29) is 0 Å². The van der Waals surface area contributed by atoms with Crippen LogP contribution in [0.25, 0.3) is 0 Å². The molecule has 0 atom stereocenters. The van der Waals surface area contributed by atoms with E-state index in [2.05, 4.69) is 4.83 Å². The molecule has 0 radical (unpaired) electrons. The molecule has 0 unspecified atom stereocenters. The molecule has 0 aliphatic carbocycles. The smallest absolute Gasteiger partial charge is 0.0430 e. The van der Waals surface area contributed by atoms with Crippen LogP contribution in [0.2, 0.25) is 0 Å². The predicted octanol–water partition coefficient (Wildman–Crippen LogP) is 1.08. The van der Waals surface area contributed by atoms with Crippen LogP contribution in [0.5, 0.6) is 0 Å². The van der Waals surface area contributed by atoms with E-state index in [9.17, 15) is 0 Å². The Morgan fingerprint density at radius 2 is 2.67 bits per heavy atom. The summed E-state index contributed by atoms with van der Waals surface area (Å²) in [6.45, 7) is 0. The van der Waals surface area contributed by atoms with Crippen LogP contribution in [0.3, 0.4) is 0 Å². The minimum Gasteiger partial charge on any atom is -0.214 e. The number of nitrogens with zero attached hydrogens (tertiary/aromatic N) is 1. The maximum absolute atomic E-state index is 5.33. The summed E-state index contributed by atoms with van der Waals surface area (Å²) in [4.78, 5) is 2.72. The van der Waals surface area contributed by atoms with Gasteiger partial charge < -0.3 is 0 Å². The topological polar surface area (TPSA) is 15.3 Å². The highest BCUT2D eigenvalue weighted by Crippen LogP contribution is 2.08. The fraction of sp³-hybridized carbons (Fsp3) is 0. The molecule has 2 nitrogen and oxygen atoms in total. The first kappa shape index (κ1) is 4.30. The molecule has 0 aromatic carbocycles. The summed E-state index contributed by atoms with van der Waals surface area (Å²) in [6.07, 6.45) is 1.73. The Labute approximate surface area is 45.4 Å². The highest BCUT2D eigenvalue weighted by Gasteiger charge is 1.94. The van der Waals surface area contributed by atoms with Gasteiger partial charge in [-0.1, -0.05) is 0 Å². The zero-order valence-corrected chi connectivity index (χ0v) is 4.46. The SMILES string of the molecule is ClN1C=CSN1. The summed E-state index contributed by atoms with van der Waals surface area (Å²) in [5.74, 6) is 0. The van der Waals surface area contributed by atoms with Gasteiger partial charge in [-0.15, -0.1) is 0 Å². The number of hydrazine groups is 1. The number of halogens is 1. The molecule has 0 aromatic heterocycles. The van der Waals surface area contributed by atoms with Gasteiger partial charge in [0.25, 0.3) is 0 Å². The van der Waals surface area contributed by atoms with Crippen LogP contribution < -0.4 is 4.83 Å². The van der Waals surface area contributed by atoms with Crippen LogP contribution in [-0.4, -0.2) is 4.53 Å². The second-order valence-electron chi connectivity index (χ2n) is 0.805. The van der Waals surface area contributed by atoms with Crippen LogP contribution in [0.1, 0.15) is 0 Å². The summed E-state index contributed by atoms with van der Waals surface area (Å²) in [7, 11) is 0. The van der Waals surface area contributed by atoms with Gasteiger partial charge in [-0.05, 0) is 11.9 Å². The van der Waals surface area contributed by atoms with E-state index in [1.165, 1.54) is 16.5 Å². The van der Waals surface area contributed by atoms with Crippen molar-refractivity contribution in [1.29, 1.82) is 0 Å². The van der Waals surface area contributed by atoms with Crippen molar-refractivity contribution in [1.82, 2.24) is 9.36 Å². The minimum absolute atomic E-state index is 1.37. The van der Waals surface area contributed by atoms with Gasteiger partial charge in [-0.3, -0.25) is 0 Å². The molecule has 34 valence electrons. The molecule has 0 spiro atoms. The molecule has 0 saturated heterocycles.